The highest BCUT2D eigenvalue weighted by Gasteiger charge is 2.66. The first-order valence-electron chi connectivity index (χ1n) is 9.38. The van der Waals surface area contributed by atoms with Gasteiger partial charge >= 0.3 is 5.97 Å². The van der Waals surface area contributed by atoms with E-state index in [0.717, 1.165) is 0 Å². The summed E-state index contributed by atoms with van der Waals surface area (Å²) in [5.41, 5.74) is -0.559. The zero-order chi connectivity index (χ0) is 19.5. The Kier molecular flexibility index (Phi) is 6.66. The first-order chi connectivity index (χ1) is 12.3. The largest absolute Gasteiger partial charge is 0.481 e. The van der Waals surface area contributed by atoms with Crippen LogP contribution in [0.3, 0.4) is 0 Å². The molecule has 5 N–H and O–H groups in total. The fraction of sp³-hybridized carbons (Fsp3) is 0.750. The third kappa shape index (κ3) is 3.24. The molecule has 0 saturated heterocycles. The van der Waals surface area contributed by atoms with Crippen LogP contribution >= 0.6 is 0 Å². The lowest BCUT2D eigenvalue weighted by molar-refractivity contribution is -0.161. The smallest absolute Gasteiger partial charge is 0.312 e. The summed E-state index contributed by atoms with van der Waals surface area (Å²) in [6, 6.07) is 0. The zero-order valence-electron chi connectivity index (χ0n) is 15.7. The van der Waals surface area contributed by atoms with Crippen LogP contribution < -0.4 is 0 Å². The fourth-order valence-corrected chi connectivity index (χ4v) is 5.44. The summed E-state index contributed by atoms with van der Waals surface area (Å²) in [6.45, 7) is 3.23. The van der Waals surface area contributed by atoms with Gasteiger partial charge in [0.2, 0.25) is 0 Å². The van der Waals surface area contributed by atoms with Crippen LogP contribution in [0.15, 0.2) is 23.3 Å². The average Bonchev–Trinajstić information content (AvgIpc) is 2.79. The highest BCUT2D eigenvalue weighted by atomic mass is 16.4. The number of carboxylic acid groups (broad SMARTS) is 1. The maximum atomic E-state index is 12.4. The normalized spacial score (nSPS) is 37.8. The van der Waals surface area contributed by atoms with Gasteiger partial charge in [-0.3, -0.25) is 4.79 Å². The molecule has 2 rings (SSSR count). The van der Waals surface area contributed by atoms with Crippen molar-refractivity contribution in [2.45, 2.75) is 52.1 Å². The molecule has 0 aromatic carbocycles. The number of aliphatic carboxylic acids is 1. The molecular weight excluding hydrogens is 336 g/mol. The molecule has 0 heterocycles. The summed E-state index contributed by atoms with van der Waals surface area (Å²) in [4.78, 5) is 12.4. The number of carbonyl (C=O) groups is 1. The van der Waals surface area contributed by atoms with E-state index in [9.17, 15) is 25.2 Å². The van der Waals surface area contributed by atoms with Gasteiger partial charge in [0.15, 0.2) is 0 Å². The highest BCUT2D eigenvalue weighted by Crippen LogP contribution is 2.64. The number of rotatable bonds is 7. The molecule has 148 valence electrons. The minimum absolute atomic E-state index is 0.0804. The summed E-state index contributed by atoms with van der Waals surface area (Å²) in [7, 11) is 0. The summed E-state index contributed by atoms with van der Waals surface area (Å²) in [6.07, 6.45) is 5.00. The average molecular weight is 368 g/mol. The van der Waals surface area contributed by atoms with Gasteiger partial charge in [-0.2, -0.15) is 0 Å². The molecule has 0 spiro atoms. The Bertz CT molecular complexity index is 583. The first-order valence-corrected chi connectivity index (χ1v) is 9.38. The number of allylic oxidation sites excluding steroid dienone is 1. The first kappa shape index (κ1) is 21.1. The van der Waals surface area contributed by atoms with E-state index in [0.29, 0.717) is 43.3 Å². The lowest BCUT2D eigenvalue weighted by Crippen LogP contribution is -2.49. The third-order valence-electron chi connectivity index (χ3n) is 6.97. The Morgan fingerprint density at radius 3 is 2.58 bits per heavy atom. The molecule has 0 amide bonds. The zero-order valence-corrected chi connectivity index (χ0v) is 15.7. The SMILES string of the molecule is CC1=CCCC2C(CO)(CCC(=CCO)CO)C(C)CC2(C(=O)O)C1O. The van der Waals surface area contributed by atoms with Crippen LogP contribution in [-0.4, -0.2) is 57.4 Å². The Morgan fingerprint density at radius 2 is 2.04 bits per heavy atom. The van der Waals surface area contributed by atoms with Crippen molar-refractivity contribution >= 4 is 5.97 Å². The second-order valence-corrected chi connectivity index (χ2v) is 8.03. The van der Waals surface area contributed by atoms with Crippen LogP contribution in [0.1, 0.15) is 46.0 Å². The molecule has 0 aromatic heterocycles. The van der Waals surface area contributed by atoms with Gasteiger partial charge in [-0.1, -0.05) is 19.1 Å². The molecule has 26 heavy (non-hydrogen) atoms. The van der Waals surface area contributed by atoms with Crippen LogP contribution in [0, 0.1) is 22.7 Å². The number of aliphatic hydroxyl groups excluding tert-OH is 4. The van der Waals surface area contributed by atoms with Gasteiger partial charge in [0.05, 0.1) is 19.3 Å². The predicted octanol–water partition coefficient (Wildman–Crippen LogP) is 1.48. The Labute approximate surface area is 154 Å². The van der Waals surface area contributed by atoms with Gasteiger partial charge in [-0.25, -0.2) is 0 Å². The molecule has 1 saturated carbocycles. The standard InChI is InChI=1S/C20H32O6/c1-13-4-3-5-16-19(12-23,8-6-15(11-22)7-9-21)14(2)10-20(16,17(13)24)18(25)26/h4,7,14,16-17,21-24H,3,5-6,8-12H2,1-2H3,(H,25,26). The van der Waals surface area contributed by atoms with Gasteiger partial charge in [-0.05, 0) is 62.0 Å². The minimum Gasteiger partial charge on any atom is -0.481 e. The summed E-state index contributed by atoms with van der Waals surface area (Å²) in [5.74, 6) is -1.44. The van der Waals surface area contributed by atoms with E-state index in [1.807, 2.05) is 13.0 Å². The van der Waals surface area contributed by atoms with Crippen molar-refractivity contribution in [2.24, 2.45) is 22.7 Å². The second kappa shape index (κ2) is 8.21. The minimum atomic E-state index is -1.29. The van der Waals surface area contributed by atoms with E-state index in [1.165, 1.54) is 0 Å². The van der Waals surface area contributed by atoms with Crippen LogP contribution in [-0.2, 0) is 4.79 Å². The lowest BCUT2D eigenvalue weighted by Gasteiger charge is -2.43. The molecule has 0 aromatic rings. The molecule has 6 heteroatoms. The van der Waals surface area contributed by atoms with Crippen molar-refractivity contribution < 1.29 is 30.3 Å². The van der Waals surface area contributed by atoms with E-state index < -0.39 is 22.9 Å². The van der Waals surface area contributed by atoms with E-state index >= 15 is 0 Å². The van der Waals surface area contributed by atoms with Gasteiger partial charge in [0.1, 0.15) is 5.41 Å². The number of hydrogen-bond acceptors (Lipinski definition) is 5. The molecule has 0 radical (unpaired) electrons. The fourth-order valence-electron chi connectivity index (χ4n) is 5.44. The molecule has 0 bridgehead atoms. The number of aliphatic hydroxyl groups is 4. The number of carboxylic acids is 1. The van der Waals surface area contributed by atoms with Crippen molar-refractivity contribution in [3.63, 3.8) is 0 Å². The van der Waals surface area contributed by atoms with Crippen molar-refractivity contribution in [1.29, 1.82) is 0 Å². The molecular formula is C20H32O6. The van der Waals surface area contributed by atoms with Crippen LogP contribution in [0.4, 0.5) is 0 Å². The monoisotopic (exact) mass is 368 g/mol. The highest BCUT2D eigenvalue weighted by molar-refractivity contribution is 5.77. The maximum absolute atomic E-state index is 12.4. The summed E-state index contributed by atoms with van der Waals surface area (Å²) < 4.78 is 0. The Balaban J connectivity index is 2.44. The number of fused-ring (bicyclic) bond motifs is 1. The molecule has 0 aliphatic heterocycles. The van der Waals surface area contributed by atoms with Crippen molar-refractivity contribution in [3.05, 3.63) is 23.3 Å². The molecule has 2 aliphatic carbocycles. The van der Waals surface area contributed by atoms with E-state index in [2.05, 4.69) is 0 Å². The van der Waals surface area contributed by atoms with Crippen LogP contribution in [0.2, 0.25) is 0 Å². The topological polar surface area (TPSA) is 118 Å². The maximum Gasteiger partial charge on any atom is 0.312 e. The Morgan fingerprint density at radius 1 is 1.35 bits per heavy atom. The third-order valence-corrected chi connectivity index (χ3v) is 6.97. The molecule has 6 nitrogen and oxygen atoms in total. The predicted molar refractivity (Wildman–Crippen MR) is 97.3 cm³/mol. The van der Waals surface area contributed by atoms with Crippen LogP contribution in [0.5, 0.6) is 0 Å². The van der Waals surface area contributed by atoms with Crippen LogP contribution in [0.25, 0.3) is 0 Å². The molecule has 2 aliphatic rings. The second-order valence-electron chi connectivity index (χ2n) is 8.03. The molecule has 1 fully saturated rings. The lowest BCUT2D eigenvalue weighted by atomic mass is 9.62. The molecule has 5 atom stereocenters. The molecule has 5 unspecified atom stereocenters. The van der Waals surface area contributed by atoms with Gasteiger partial charge in [0.25, 0.3) is 0 Å². The number of hydrogen-bond donors (Lipinski definition) is 5. The van der Waals surface area contributed by atoms with E-state index in [4.69, 9.17) is 5.11 Å². The van der Waals surface area contributed by atoms with E-state index in [1.54, 1.807) is 13.0 Å². The van der Waals surface area contributed by atoms with Crippen molar-refractivity contribution in [2.75, 3.05) is 19.8 Å². The van der Waals surface area contributed by atoms with Gasteiger partial charge in [0, 0.05) is 12.0 Å². The van der Waals surface area contributed by atoms with Gasteiger partial charge in [-0.15, -0.1) is 0 Å². The van der Waals surface area contributed by atoms with Crippen molar-refractivity contribution in [3.8, 4) is 0 Å². The van der Waals surface area contributed by atoms with E-state index in [-0.39, 0.29) is 31.7 Å². The van der Waals surface area contributed by atoms with Crippen molar-refractivity contribution in [1.82, 2.24) is 0 Å². The quantitative estimate of drug-likeness (QED) is 0.435. The summed E-state index contributed by atoms with van der Waals surface area (Å²) in [5, 5.41) is 49.9. The van der Waals surface area contributed by atoms with Gasteiger partial charge < -0.3 is 25.5 Å². The Hall–Kier alpha value is -1.21. The summed E-state index contributed by atoms with van der Waals surface area (Å²) >= 11 is 0.